The second kappa shape index (κ2) is 8.56. The molecule has 1 aliphatic heterocycles. The van der Waals surface area contributed by atoms with Crippen molar-refractivity contribution in [3.8, 4) is 0 Å². The number of aryl methyl sites for hydroxylation is 1. The Morgan fingerprint density at radius 3 is 2.64 bits per heavy atom. The summed E-state index contributed by atoms with van der Waals surface area (Å²) in [6, 6.07) is 6.11. The van der Waals surface area contributed by atoms with Crippen LogP contribution in [0.2, 0.25) is 5.02 Å². The zero-order valence-corrected chi connectivity index (χ0v) is 19.9. The molecule has 1 aliphatic rings. The average Bonchev–Trinajstić information content (AvgIpc) is 3.18. The Hall–Kier alpha value is -2.73. The fourth-order valence-electron chi connectivity index (χ4n) is 4.18. The molecular weight excluding hydrogens is 475 g/mol. The third-order valence-corrected chi connectivity index (χ3v) is 8.04. The molecule has 2 atom stereocenters. The molecule has 0 unspecified atom stereocenters. The number of halogens is 2. The van der Waals surface area contributed by atoms with E-state index >= 15 is 4.39 Å². The minimum Gasteiger partial charge on any atom is -0.391 e. The van der Waals surface area contributed by atoms with E-state index in [0.29, 0.717) is 16.1 Å². The molecular formula is C21H22ClFN4O5S. The van der Waals surface area contributed by atoms with Gasteiger partial charge < -0.3 is 4.42 Å². The van der Waals surface area contributed by atoms with Crippen LogP contribution in [0, 0.1) is 19.7 Å². The fourth-order valence-corrected chi connectivity index (χ4v) is 6.09. The van der Waals surface area contributed by atoms with Crippen molar-refractivity contribution in [2.45, 2.75) is 37.6 Å². The number of anilines is 1. The number of hydrogen-bond acceptors (Lipinski definition) is 7. The topological polar surface area (TPSA) is 109 Å². The minimum absolute atomic E-state index is 0.0588. The molecule has 9 nitrogen and oxygen atoms in total. The molecule has 0 radical (unpaired) electrons. The van der Waals surface area contributed by atoms with Crippen LogP contribution >= 0.6 is 11.6 Å². The Bertz CT molecular complexity index is 1370. The summed E-state index contributed by atoms with van der Waals surface area (Å²) in [6.07, 6.45) is 0. The van der Waals surface area contributed by atoms with E-state index in [-0.39, 0.29) is 23.1 Å². The molecule has 1 N–H and O–H groups in total. The summed E-state index contributed by atoms with van der Waals surface area (Å²) in [4.78, 5) is 17.1. The zero-order valence-electron chi connectivity index (χ0n) is 18.3. The summed E-state index contributed by atoms with van der Waals surface area (Å²) in [7, 11) is -2.77. The van der Waals surface area contributed by atoms with Gasteiger partial charge in [0.1, 0.15) is 23.4 Å². The van der Waals surface area contributed by atoms with Gasteiger partial charge in [0.15, 0.2) is 0 Å². The summed E-state index contributed by atoms with van der Waals surface area (Å²) < 4.78 is 48.7. The van der Waals surface area contributed by atoms with Gasteiger partial charge in [-0.2, -0.15) is 4.31 Å². The highest BCUT2D eigenvalue weighted by Crippen LogP contribution is 2.44. The Labute approximate surface area is 194 Å². The fraction of sp³-hybridized carbons (Fsp3) is 0.333. The SMILES string of the molecule is CON1CN([C@H](c2n[nH]c(=O)o2)[C@H](C)c2c(F)ccc(C)c2C)S(=O)(=O)c2ccc(Cl)cc21. The largest absolute Gasteiger partial charge is 0.434 e. The van der Waals surface area contributed by atoms with Crippen molar-refractivity contribution in [2.24, 2.45) is 0 Å². The van der Waals surface area contributed by atoms with E-state index in [1.165, 1.54) is 36.4 Å². The first kappa shape index (κ1) is 23.4. The first-order valence-corrected chi connectivity index (χ1v) is 11.8. The molecule has 2 aromatic carbocycles. The van der Waals surface area contributed by atoms with Gasteiger partial charge in [-0.05, 0) is 54.8 Å². The molecule has 0 bridgehead atoms. The van der Waals surface area contributed by atoms with Crippen LogP contribution in [0.5, 0.6) is 0 Å². The van der Waals surface area contributed by atoms with E-state index in [1.807, 2.05) is 6.92 Å². The van der Waals surface area contributed by atoms with Crippen molar-refractivity contribution in [1.29, 1.82) is 0 Å². The van der Waals surface area contributed by atoms with Crippen molar-refractivity contribution in [3.05, 3.63) is 74.3 Å². The third-order valence-electron chi connectivity index (χ3n) is 5.94. The molecule has 4 rings (SSSR count). The normalized spacial score (nSPS) is 17.6. The molecule has 12 heteroatoms. The maximum atomic E-state index is 15.0. The Balaban J connectivity index is 1.93. The second-order valence-electron chi connectivity index (χ2n) is 7.79. The van der Waals surface area contributed by atoms with E-state index in [1.54, 1.807) is 19.9 Å². The number of hydroxylamine groups is 1. The molecule has 3 aromatic rings. The number of nitrogens with one attached hydrogen (secondary N) is 1. The number of benzene rings is 2. The Morgan fingerprint density at radius 1 is 1.27 bits per heavy atom. The minimum atomic E-state index is -4.15. The van der Waals surface area contributed by atoms with E-state index in [0.717, 1.165) is 9.87 Å². The van der Waals surface area contributed by atoms with E-state index < -0.39 is 33.6 Å². The van der Waals surface area contributed by atoms with E-state index in [9.17, 15) is 13.2 Å². The van der Waals surface area contributed by atoms with Crippen LogP contribution in [0.1, 0.15) is 41.5 Å². The number of aromatic nitrogens is 2. The number of fused-ring (bicyclic) bond motifs is 1. The first-order chi connectivity index (χ1) is 15.6. The number of H-pyrrole nitrogens is 1. The van der Waals surface area contributed by atoms with Crippen molar-refractivity contribution in [2.75, 3.05) is 18.8 Å². The van der Waals surface area contributed by atoms with Crippen LogP contribution in [0.3, 0.4) is 0 Å². The van der Waals surface area contributed by atoms with Gasteiger partial charge in [0.25, 0.3) is 0 Å². The second-order valence-corrected chi connectivity index (χ2v) is 10.1. The molecule has 33 heavy (non-hydrogen) atoms. The number of hydrogen-bond donors (Lipinski definition) is 1. The lowest BCUT2D eigenvalue weighted by Gasteiger charge is -2.40. The summed E-state index contributed by atoms with van der Waals surface area (Å²) in [6.45, 7) is 4.98. The average molecular weight is 497 g/mol. The molecule has 0 aliphatic carbocycles. The number of nitrogens with zero attached hydrogens (tertiary/aromatic N) is 3. The molecule has 176 valence electrons. The molecule has 0 amide bonds. The van der Waals surface area contributed by atoms with Crippen LogP contribution < -0.4 is 10.8 Å². The van der Waals surface area contributed by atoms with Crippen LogP contribution in [0.15, 0.2) is 44.4 Å². The predicted molar refractivity (Wildman–Crippen MR) is 119 cm³/mol. The van der Waals surface area contributed by atoms with Gasteiger partial charge in [-0.3, -0.25) is 4.84 Å². The summed E-state index contributed by atoms with van der Waals surface area (Å²) in [5.41, 5.74) is 2.05. The highest BCUT2D eigenvalue weighted by Gasteiger charge is 2.45. The highest BCUT2D eigenvalue weighted by molar-refractivity contribution is 7.89. The smallest absolute Gasteiger partial charge is 0.391 e. The van der Waals surface area contributed by atoms with Gasteiger partial charge in [-0.25, -0.2) is 27.8 Å². The van der Waals surface area contributed by atoms with Gasteiger partial charge in [0, 0.05) is 10.9 Å². The number of sulfonamides is 1. The van der Waals surface area contributed by atoms with Gasteiger partial charge in [0.2, 0.25) is 15.9 Å². The molecule has 0 spiro atoms. The third kappa shape index (κ3) is 3.95. The maximum Gasteiger partial charge on any atom is 0.434 e. The Kier molecular flexibility index (Phi) is 6.08. The quantitative estimate of drug-likeness (QED) is 0.574. The molecule has 0 saturated heterocycles. The molecule has 1 aromatic heterocycles. The van der Waals surface area contributed by atoms with Gasteiger partial charge in [-0.15, -0.1) is 5.10 Å². The van der Waals surface area contributed by atoms with Crippen LogP contribution in [-0.2, 0) is 14.9 Å². The molecule has 0 saturated carbocycles. The van der Waals surface area contributed by atoms with Crippen LogP contribution in [0.4, 0.5) is 10.1 Å². The summed E-state index contributed by atoms with van der Waals surface area (Å²) in [5.74, 6) is -2.32. The molecule has 2 heterocycles. The maximum absolute atomic E-state index is 15.0. The lowest BCUT2D eigenvalue weighted by Crippen LogP contribution is -2.49. The van der Waals surface area contributed by atoms with Gasteiger partial charge in [0.05, 0.1) is 12.8 Å². The number of aromatic amines is 1. The molecule has 0 fully saturated rings. The predicted octanol–water partition coefficient (Wildman–Crippen LogP) is 3.65. The Morgan fingerprint density at radius 2 is 2.00 bits per heavy atom. The van der Waals surface area contributed by atoms with Gasteiger partial charge >= 0.3 is 5.76 Å². The van der Waals surface area contributed by atoms with Crippen LogP contribution in [0.25, 0.3) is 0 Å². The zero-order chi connectivity index (χ0) is 24.1. The number of rotatable bonds is 5. The van der Waals surface area contributed by atoms with E-state index in [4.69, 9.17) is 20.9 Å². The van der Waals surface area contributed by atoms with Crippen molar-refractivity contribution in [3.63, 3.8) is 0 Å². The van der Waals surface area contributed by atoms with Crippen molar-refractivity contribution < 1.29 is 22.1 Å². The monoisotopic (exact) mass is 496 g/mol. The lowest BCUT2D eigenvalue weighted by molar-refractivity contribution is 0.114. The van der Waals surface area contributed by atoms with Gasteiger partial charge in [-0.1, -0.05) is 24.6 Å². The van der Waals surface area contributed by atoms with Crippen LogP contribution in [-0.4, -0.2) is 36.7 Å². The summed E-state index contributed by atoms with van der Waals surface area (Å²) in [5, 5.41) is 7.73. The van der Waals surface area contributed by atoms with Crippen molar-refractivity contribution >= 4 is 27.3 Å². The lowest BCUT2D eigenvalue weighted by atomic mass is 9.87. The van der Waals surface area contributed by atoms with E-state index in [2.05, 4.69) is 10.2 Å². The standard InChI is InChI=1S/C21H22ClFN4O5S/c1-11-5-7-15(23)18(12(11)2)13(3)19(20-24-25-21(28)32-20)27-10-26(31-4)16-9-14(22)6-8-17(16)33(27,29)30/h5-9,13,19H,10H2,1-4H3,(H,25,28)/t13-,19+/m1/s1. The van der Waals surface area contributed by atoms with Crippen molar-refractivity contribution in [1.82, 2.24) is 14.5 Å². The first-order valence-electron chi connectivity index (χ1n) is 10.00. The highest BCUT2D eigenvalue weighted by atomic mass is 35.5. The summed E-state index contributed by atoms with van der Waals surface area (Å²) >= 11 is 6.07.